The number of nitrogens with zero attached hydrogens (tertiary/aromatic N) is 1. The lowest BCUT2D eigenvalue weighted by atomic mass is 9.88. The van der Waals surface area contributed by atoms with Crippen LogP contribution < -0.4 is 5.32 Å². The summed E-state index contributed by atoms with van der Waals surface area (Å²) in [6.45, 7) is 1.42. The quantitative estimate of drug-likeness (QED) is 0.625. The molecule has 1 aliphatic rings. The number of nitrogens with one attached hydrogen (secondary N) is 1. The van der Waals surface area contributed by atoms with Crippen LogP contribution in [0.25, 0.3) is 0 Å². The van der Waals surface area contributed by atoms with Gasteiger partial charge in [-0.2, -0.15) is 0 Å². The summed E-state index contributed by atoms with van der Waals surface area (Å²) < 4.78 is 0. The largest absolute Gasteiger partial charge is 0.388 e. The summed E-state index contributed by atoms with van der Waals surface area (Å²) in [4.78, 5) is 14.1. The Kier molecular flexibility index (Phi) is 6.96. The minimum absolute atomic E-state index is 0.0941. The number of carbonyl (C=O) groups is 1. The Morgan fingerprint density at radius 3 is 2.32 bits per heavy atom. The fourth-order valence-corrected chi connectivity index (χ4v) is 3.57. The number of aliphatic hydroxyl groups is 2. The van der Waals surface area contributed by atoms with E-state index in [1.807, 2.05) is 24.3 Å². The normalized spacial score (nSPS) is 22.3. The monoisotopic (exact) mass is 422 g/mol. The maximum absolute atomic E-state index is 12.6. The van der Waals surface area contributed by atoms with Crippen molar-refractivity contribution in [2.24, 2.45) is 0 Å². The molecular weight excluding hydrogens is 399 g/mol. The third kappa shape index (κ3) is 5.25. The Bertz CT molecular complexity index is 798. The lowest BCUT2D eigenvalue weighted by molar-refractivity contribution is -0.110. The first kappa shape index (κ1) is 21.1. The Balaban J connectivity index is 1.48. The van der Waals surface area contributed by atoms with E-state index < -0.39 is 11.7 Å². The molecule has 0 unspecified atom stereocenters. The second-order valence-electron chi connectivity index (χ2n) is 7.18. The van der Waals surface area contributed by atoms with Crippen molar-refractivity contribution in [3.63, 3.8) is 0 Å². The van der Waals surface area contributed by atoms with E-state index >= 15 is 0 Å². The minimum Gasteiger partial charge on any atom is -0.388 e. The van der Waals surface area contributed by atoms with Crippen LogP contribution in [0.2, 0.25) is 10.0 Å². The van der Waals surface area contributed by atoms with E-state index in [2.05, 4.69) is 5.32 Å². The van der Waals surface area contributed by atoms with E-state index in [4.69, 9.17) is 23.2 Å². The van der Waals surface area contributed by atoms with E-state index in [0.717, 1.165) is 12.0 Å². The molecule has 7 heteroatoms. The maximum Gasteiger partial charge on any atom is 0.253 e. The molecular formula is C21H24Cl2N2O3. The molecule has 1 saturated heterocycles. The molecule has 1 amide bonds. The number of benzene rings is 2. The maximum atomic E-state index is 12.6. The topological polar surface area (TPSA) is 72.8 Å². The standard InChI is InChI=1S/C21H24Cl2N2O3/c22-17-5-1-15(2-6-17)9-11-24-14-21(28)10-12-25(13-19(21)26)20(27)16-3-7-18(23)8-4-16/h1-8,19,24,26,28H,9-14H2/t19-,21-/m0/s1. The van der Waals surface area contributed by atoms with E-state index in [9.17, 15) is 15.0 Å². The number of amides is 1. The van der Waals surface area contributed by atoms with Crippen LogP contribution in [-0.4, -0.2) is 58.9 Å². The van der Waals surface area contributed by atoms with Gasteiger partial charge in [-0.05, 0) is 61.3 Å². The van der Waals surface area contributed by atoms with Gasteiger partial charge in [-0.1, -0.05) is 35.3 Å². The number of hydrogen-bond acceptors (Lipinski definition) is 4. The fraction of sp³-hybridized carbons (Fsp3) is 0.381. The number of carbonyl (C=O) groups excluding carboxylic acids is 1. The third-order valence-electron chi connectivity index (χ3n) is 5.14. The van der Waals surface area contributed by atoms with Crippen molar-refractivity contribution in [3.8, 4) is 0 Å². The molecule has 0 spiro atoms. The molecule has 0 radical (unpaired) electrons. The Morgan fingerprint density at radius 2 is 1.71 bits per heavy atom. The number of aliphatic hydroxyl groups excluding tert-OH is 1. The van der Waals surface area contributed by atoms with Crippen LogP contribution in [0.4, 0.5) is 0 Å². The van der Waals surface area contributed by atoms with Gasteiger partial charge in [-0.3, -0.25) is 4.79 Å². The van der Waals surface area contributed by atoms with Gasteiger partial charge in [-0.15, -0.1) is 0 Å². The molecule has 1 fully saturated rings. The predicted octanol–water partition coefficient (Wildman–Crippen LogP) is 2.76. The number of rotatable bonds is 6. The van der Waals surface area contributed by atoms with Crippen LogP contribution in [0.5, 0.6) is 0 Å². The fourth-order valence-electron chi connectivity index (χ4n) is 3.32. The van der Waals surface area contributed by atoms with Gasteiger partial charge in [0.2, 0.25) is 0 Å². The SMILES string of the molecule is O=C(c1ccc(Cl)cc1)N1CC[C@](O)(CNCCc2ccc(Cl)cc2)[C@@H](O)C1. The van der Waals surface area contributed by atoms with Gasteiger partial charge in [0, 0.05) is 35.2 Å². The predicted molar refractivity (Wildman–Crippen MR) is 111 cm³/mol. The van der Waals surface area contributed by atoms with E-state index in [-0.39, 0.29) is 19.0 Å². The molecule has 150 valence electrons. The second-order valence-corrected chi connectivity index (χ2v) is 8.05. The molecule has 0 saturated carbocycles. The molecule has 5 nitrogen and oxygen atoms in total. The summed E-state index contributed by atoms with van der Waals surface area (Å²) in [5.41, 5.74) is 0.410. The van der Waals surface area contributed by atoms with Gasteiger partial charge in [0.1, 0.15) is 11.7 Å². The highest BCUT2D eigenvalue weighted by atomic mass is 35.5. The Morgan fingerprint density at radius 1 is 1.11 bits per heavy atom. The van der Waals surface area contributed by atoms with Gasteiger partial charge in [-0.25, -0.2) is 0 Å². The van der Waals surface area contributed by atoms with Crippen LogP contribution in [0, 0.1) is 0 Å². The van der Waals surface area contributed by atoms with Crippen LogP contribution in [0.15, 0.2) is 48.5 Å². The first-order valence-electron chi connectivity index (χ1n) is 9.28. The van der Waals surface area contributed by atoms with Crippen molar-refractivity contribution in [2.75, 3.05) is 26.2 Å². The van der Waals surface area contributed by atoms with Crippen molar-refractivity contribution < 1.29 is 15.0 Å². The molecule has 3 rings (SSSR count). The summed E-state index contributed by atoms with van der Waals surface area (Å²) in [7, 11) is 0. The summed E-state index contributed by atoms with van der Waals surface area (Å²) in [6.07, 6.45) is 0.0897. The Labute approximate surface area is 174 Å². The zero-order chi connectivity index (χ0) is 20.1. The van der Waals surface area contributed by atoms with E-state index in [0.29, 0.717) is 35.1 Å². The summed E-state index contributed by atoms with van der Waals surface area (Å²) in [5, 5.41) is 25.7. The van der Waals surface area contributed by atoms with Gasteiger partial charge >= 0.3 is 0 Å². The van der Waals surface area contributed by atoms with Crippen molar-refractivity contribution in [2.45, 2.75) is 24.5 Å². The second kappa shape index (κ2) is 9.25. The first-order valence-corrected chi connectivity index (χ1v) is 10.0. The molecule has 1 aliphatic heterocycles. The Hall–Kier alpha value is -1.63. The summed E-state index contributed by atoms with van der Waals surface area (Å²) in [6, 6.07) is 14.3. The van der Waals surface area contributed by atoms with Crippen molar-refractivity contribution >= 4 is 29.1 Å². The van der Waals surface area contributed by atoms with Gasteiger partial charge in [0.05, 0.1) is 0 Å². The number of hydrogen-bond donors (Lipinski definition) is 3. The molecule has 0 bridgehead atoms. The van der Waals surface area contributed by atoms with E-state index in [1.165, 1.54) is 0 Å². The lowest BCUT2D eigenvalue weighted by Gasteiger charge is -2.42. The number of β-amino-alcohol motifs (C(OH)–C–C–N with tert-alkyl or cyclic N) is 1. The highest BCUT2D eigenvalue weighted by molar-refractivity contribution is 6.30. The van der Waals surface area contributed by atoms with E-state index in [1.54, 1.807) is 29.2 Å². The molecule has 28 heavy (non-hydrogen) atoms. The first-order chi connectivity index (χ1) is 13.4. The molecule has 0 aromatic heterocycles. The molecule has 2 aromatic rings. The van der Waals surface area contributed by atoms with Gasteiger partial charge in [0.15, 0.2) is 0 Å². The lowest BCUT2D eigenvalue weighted by Crippen LogP contribution is -2.60. The minimum atomic E-state index is -1.25. The summed E-state index contributed by atoms with van der Waals surface area (Å²) in [5.74, 6) is -0.173. The zero-order valence-electron chi connectivity index (χ0n) is 15.4. The zero-order valence-corrected chi connectivity index (χ0v) is 17.0. The van der Waals surface area contributed by atoms with Crippen LogP contribution in [0.1, 0.15) is 22.3 Å². The van der Waals surface area contributed by atoms with Crippen molar-refractivity contribution in [3.05, 3.63) is 69.7 Å². The van der Waals surface area contributed by atoms with Crippen molar-refractivity contribution in [1.82, 2.24) is 10.2 Å². The molecule has 0 aliphatic carbocycles. The van der Waals surface area contributed by atoms with Crippen LogP contribution >= 0.6 is 23.2 Å². The van der Waals surface area contributed by atoms with Crippen LogP contribution in [0.3, 0.4) is 0 Å². The number of likely N-dealkylation sites (tertiary alicyclic amines) is 1. The van der Waals surface area contributed by atoms with Crippen molar-refractivity contribution in [1.29, 1.82) is 0 Å². The highest BCUT2D eigenvalue weighted by Crippen LogP contribution is 2.24. The number of piperidine rings is 1. The van der Waals surface area contributed by atoms with Crippen LogP contribution in [-0.2, 0) is 6.42 Å². The summed E-state index contributed by atoms with van der Waals surface area (Å²) >= 11 is 11.7. The molecule has 1 heterocycles. The molecule has 2 aromatic carbocycles. The average Bonchev–Trinajstić information content (AvgIpc) is 2.69. The molecule has 3 N–H and O–H groups in total. The third-order valence-corrected chi connectivity index (χ3v) is 5.65. The highest BCUT2D eigenvalue weighted by Gasteiger charge is 2.41. The average molecular weight is 423 g/mol. The van der Waals surface area contributed by atoms with Gasteiger partial charge in [0.25, 0.3) is 5.91 Å². The smallest absolute Gasteiger partial charge is 0.253 e. The molecule has 2 atom stereocenters. The number of halogens is 2. The van der Waals surface area contributed by atoms with Gasteiger partial charge < -0.3 is 20.4 Å².